The van der Waals surface area contributed by atoms with Crippen LogP contribution >= 0.6 is 0 Å². The van der Waals surface area contributed by atoms with Gasteiger partial charge in [0.2, 0.25) is 0 Å². The van der Waals surface area contributed by atoms with Crippen LogP contribution in [0.4, 0.5) is 5.69 Å². The quantitative estimate of drug-likeness (QED) is 0.809. The number of fused-ring (bicyclic) bond motifs is 1. The summed E-state index contributed by atoms with van der Waals surface area (Å²) in [5.74, 6) is 0.677. The fourth-order valence-electron chi connectivity index (χ4n) is 1.78. The number of benzene rings is 1. The number of nitrogens with two attached hydrogens (primary N) is 1. The van der Waals surface area contributed by atoms with E-state index < -0.39 is 0 Å². The fourth-order valence-corrected chi connectivity index (χ4v) is 1.78. The van der Waals surface area contributed by atoms with Gasteiger partial charge in [-0.25, -0.2) is 0 Å². The van der Waals surface area contributed by atoms with Gasteiger partial charge in [-0.1, -0.05) is 26.0 Å². The summed E-state index contributed by atoms with van der Waals surface area (Å²) in [5, 5.41) is 1.11. The average Bonchev–Trinajstić information content (AvgIpc) is 2.17. The maximum Gasteiger partial charge on any atom is 0.0706 e. The Labute approximate surface area is 90.1 Å². The van der Waals surface area contributed by atoms with Crippen LogP contribution in [-0.2, 0) is 6.42 Å². The molecular formula is C13H16N2. The monoisotopic (exact) mass is 200 g/mol. The standard InChI is InChI=1S/C13H16N2/c1-9(2)5-10-3-4-11-7-12(14)8-15-13(11)6-10/h3-4,6-9H,5,14H2,1-2H3. The molecule has 15 heavy (non-hydrogen) atoms. The maximum absolute atomic E-state index is 5.68. The van der Waals surface area contributed by atoms with Gasteiger partial charge in [0.15, 0.2) is 0 Å². The third-order valence-electron chi connectivity index (χ3n) is 2.41. The molecular weight excluding hydrogens is 184 g/mol. The minimum absolute atomic E-state index is 0.677. The van der Waals surface area contributed by atoms with Crippen LogP contribution in [-0.4, -0.2) is 4.98 Å². The lowest BCUT2D eigenvalue weighted by atomic mass is 10.0. The zero-order valence-electron chi connectivity index (χ0n) is 9.20. The van der Waals surface area contributed by atoms with Crippen LogP contribution in [0.5, 0.6) is 0 Å². The largest absolute Gasteiger partial charge is 0.397 e. The van der Waals surface area contributed by atoms with Crippen molar-refractivity contribution in [2.24, 2.45) is 5.92 Å². The van der Waals surface area contributed by atoms with E-state index in [0.717, 1.165) is 23.0 Å². The SMILES string of the molecule is CC(C)Cc1ccc2cc(N)cnc2c1. The van der Waals surface area contributed by atoms with Crippen LogP contribution < -0.4 is 5.73 Å². The van der Waals surface area contributed by atoms with Crippen molar-refractivity contribution in [1.29, 1.82) is 0 Å². The molecule has 78 valence electrons. The Kier molecular flexibility index (Phi) is 2.58. The van der Waals surface area contributed by atoms with Gasteiger partial charge in [-0.15, -0.1) is 0 Å². The summed E-state index contributed by atoms with van der Waals surface area (Å²) in [7, 11) is 0. The lowest BCUT2D eigenvalue weighted by Gasteiger charge is -2.06. The van der Waals surface area contributed by atoms with Gasteiger partial charge >= 0.3 is 0 Å². The topological polar surface area (TPSA) is 38.9 Å². The van der Waals surface area contributed by atoms with Crippen molar-refractivity contribution < 1.29 is 0 Å². The number of hydrogen-bond acceptors (Lipinski definition) is 2. The smallest absolute Gasteiger partial charge is 0.0706 e. The van der Waals surface area contributed by atoms with Crippen LogP contribution in [0.25, 0.3) is 10.9 Å². The van der Waals surface area contributed by atoms with E-state index in [4.69, 9.17) is 5.73 Å². The highest BCUT2D eigenvalue weighted by Gasteiger charge is 2.00. The molecule has 0 amide bonds. The number of pyridine rings is 1. The molecule has 0 atom stereocenters. The Hall–Kier alpha value is -1.57. The summed E-state index contributed by atoms with van der Waals surface area (Å²) in [6.45, 7) is 4.45. The predicted octanol–water partition coefficient (Wildman–Crippen LogP) is 3.02. The van der Waals surface area contributed by atoms with E-state index in [-0.39, 0.29) is 0 Å². The summed E-state index contributed by atoms with van der Waals surface area (Å²) < 4.78 is 0. The number of hydrogen-bond donors (Lipinski definition) is 1. The highest BCUT2D eigenvalue weighted by Crippen LogP contribution is 2.18. The summed E-state index contributed by atoms with van der Waals surface area (Å²) in [5.41, 5.74) is 8.77. The van der Waals surface area contributed by atoms with Crippen molar-refractivity contribution in [2.45, 2.75) is 20.3 Å². The number of anilines is 1. The highest BCUT2D eigenvalue weighted by molar-refractivity contribution is 5.81. The van der Waals surface area contributed by atoms with E-state index in [2.05, 4.69) is 37.0 Å². The minimum Gasteiger partial charge on any atom is -0.397 e. The molecule has 1 aromatic carbocycles. The summed E-state index contributed by atoms with van der Waals surface area (Å²) in [4.78, 5) is 4.32. The molecule has 0 fully saturated rings. The molecule has 0 aliphatic rings. The van der Waals surface area contributed by atoms with Crippen LogP contribution in [0.1, 0.15) is 19.4 Å². The Balaban J connectivity index is 2.43. The molecule has 0 unspecified atom stereocenters. The van der Waals surface area contributed by atoms with E-state index in [1.807, 2.05) is 6.07 Å². The van der Waals surface area contributed by atoms with Gasteiger partial charge in [-0.3, -0.25) is 4.98 Å². The normalized spacial score (nSPS) is 11.1. The lowest BCUT2D eigenvalue weighted by Crippen LogP contribution is -1.94. The van der Waals surface area contributed by atoms with E-state index in [1.54, 1.807) is 6.20 Å². The zero-order valence-corrected chi connectivity index (χ0v) is 9.20. The number of nitrogen functional groups attached to an aromatic ring is 1. The van der Waals surface area contributed by atoms with E-state index in [0.29, 0.717) is 5.92 Å². The molecule has 0 radical (unpaired) electrons. The maximum atomic E-state index is 5.68. The predicted molar refractivity (Wildman–Crippen MR) is 64.7 cm³/mol. The second-order valence-corrected chi connectivity index (χ2v) is 4.39. The Bertz CT molecular complexity index is 475. The highest BCUT2D eigenvalue weighted by atomic mass is 14.7. The number of nitrogens with zero attached hydrogens (tertiary/aromatic N) is 1. The first-order valence-electron chi connectivity index (χ1n) is 5.29. The van der Waals surface area contributed by atoms with Crippen molar-refractivity contribution in [3.8, 4) is 0 Å². The summed E-state index contributed by atoms with van der Waals surface area (Å²) >= 11 is 0. The zero-order chi connectivity index (χ0) is 10.8. The molecule has 0 spiro atoms. The van der Waals surface area contributed by atoms with Gasteiger partial charge in [0.05, 0.1) is 17.4 Å². The van der Waals surface area contributed by atoms with E-state index in [1.165, 1.54) is 5.56 Å². The van der Waals surface area contributed by atoms with E-state index in [9.17, 15) is 0 Å². The molecule has 1 heterocycles. The Morgan fingerprint density at radius 3 is 2.80 bits per heavy atom. The molecule has 2 rings (SSSR count). The first-order chi connectivity index (χ1) is 7.15. The van der Waals surface area contributed by atoms with Crippen molar-refractivity contribution in [3.63, 3.8) is 0 Å². The molecule has 2 N–H and O–H groups in total. The molecule has 0 aliphatic heterocycles. The summed E-state index contributed by atoms with van der Waals surface area (Å²) in [6.07, 6.45) is 2.81. The first-order valence-corrected chi connectivity index (χ1v) is 5.29. The van der Waals surface area contributed by atoms with Gasteiger partial charge in [0.25, 0.3) is 0 Å². The summed E-state index contributed by atoms with van der Waals surface area (Å²) in [6, 6.07) is 8.36. The Morgan fingerprint density at radius 2 is 2.07 bits per heavy atom. The van der Waals surface area contributed by atoms with Crippen molar-refractivity contribution in [2.75, 3.05) is 5.73 Å². The van der Waals surface area contributed by atoms with Crippen LogP contribution in [0.3, 0.4) is 0 Å². The fraction of sp³-hybridized carbons (Fsp3) is 0.308. The van der Waals surface area contributed by atoms with Crippen LogP contribution in [0, 0.1) is 5.92 Å². The molecule has 0 bridgehead atoms. The second kappa shape index (κ2) is 3.89. The molecule has 2 nitrogen and oxygen atoms in total. The first kappa shape index (κ1) is 9.97. The van der Waals surface area contributed by atoms with Gasteiger partial charge in [-0.2, -0.15) is 0 Å². The molecule has 0 saturated heterocycles. The molecule has 1 aromatic heterocycles. The third-order valence-corrected chi connectivity index (χ3v) is 2.41. The minimum atomic E-state index is 0.677. The van der Waals surface area contributed by atoms with Crippen molar-refractivity contribution in [3.05, 3.63) is 36.0 Å². The van der Waals surface area contributed by atoms with Crippen molar-refractivity contribution >= 4 is 16.6 Å². The van der Waals surface area contributed by atoms with Gasteiger partial charge in [-0.05, 0) is 30.0 Å². The average molecular weight is 200 g/mol. The van der Waals surface area contributed by atoms with Gasteiger partial charge in [0, 0.05) is 5.39 Å². The van der Waals surface area contributed by atoms with Crippen LogP contribution in [0.15, 0.2) is 30.5 Å². The number of aromatic nitrogens is 1. The van der Waals surface area contributed by atoms with E-state index >= 15 is 0 Å². The van der Waals surface area contributed by atoms with Crippen LogP contribution in [0.2, 0.25) is 0 Å². The molecule has 0 saturated carbocycles. The van der Waals surface area contributed by atoms with Crippen molar-refractivity contribution in [1.82, 2.24) is 4.98 Å². The third kappa shape index (κ3) is 2.27. The Morgan fingerprint density at radius 1 is 1.27 bits per heavy atom. The molecule has 2 aromatic rings. The van der Waals surface area contributed by atoms with Gasteiger partial charge in [0.1, 0.15) is 0 Å². The lowest BCUT2D eigenvalue weighted by molar-refractivity contribution is 0.647. The number of rotatable bonds is 2. The van der Waals surface area contributed by atoms with Gasteiger partial charge < -0.3 is 5.73 Å². The second-order valence-electron chi connectivity index (χ2n) is 4.39. The molecule has 2 heteroatoms. The molecule has 0 aliphatic carbocycles.